The van der Waals surface area contributed by atoms with Crippen LogP contribution in [-0.4, -0.2) is 36.9 Å². The van der Waals surface area contributed by atoms with E-state index < -0.39 is 17.3 Å². The van der Waals surface area contributed by atoms with Crippen molar-refractivity contribution < 1.29 is 19.0 Å². The van der Waals surface area contributed by atoms with E-state index >= 15 is 0 Å². The summed E-state index contributed by atoms with van der Waals surface area (Å²) >= 11 is 0. The van der Waals surface area contributed by atoms with Gasteiger partial charge in [-0.25, -0.2) is 4.39 Å². The summed E-state index contributed by atoms with van der Waals surface area (Å²) < 4.78 is 18.4. The molecule has 1 unspecified atom stereocenters. The zero-order chi connectivity index (χ0) is 13.6. The van der Waals surface area contributed by atoms with E-state index in [2.05, 4.69) is 5.32 Å². The average Bonchev–Trinajstić information content (AvgIpc) is 2.32. The van der Waals surface area contributed by atoms with Crippen LogP contribution in [0.3, 0.4) is 0 Å². The molecule has 0 bridgehead atoms. The molecular formula is C13H18FNO3. The minimum absolute atomic E-state index is 0.0821. The highest BCUT2D eigenvalue weighted by Gasteiger charge is 2.33. The van der Waals surface area contributed by atoms with Gasteiger partial charge in [0, 0.05) is 20.1 Å². The van der Waals surface area contributed by atoms with Crippen LogP contribution in [0.2, 0.25) is 0 Å². The van der Waals surface area contributed by atoms with Crippen molar-refractivity contribution in [3.05, 3.63) is 35.6 Å². The molecule has 0 amide bonds. The molecule has 0 spiro atoms. The molecule has 1 aromatic rings. The molecule has 4 nitrogen and oxygen atoms in total. The molecule has 0 saturated heterocycles. The van der Waals surface area contributed by atoms with Crippen LogP contribution in [0.1, 0.15) is 12.5 Å². The molecule has 1 rings (SSSR count). The Labute approximate surface area is 106 Å². The predicted octanol–water partition coefficient (Wildman–Crippen LogP) is 1.45. The second-order valence-corrected chi connectivity index (χ2v) is 4.33. The lowest BCUT2D eigenvalue weighted by Crippen LogP contribution is -2.52. The van der Waals surface area contributed by atoms with Crippen molar-refractivity contribution in [3.8, 4) is 0 Å². The largest absolute Gasteiger partial charge is 0.480 e. The van der Waals surface area contributed by atoms with Crippen molar-refractivity contribution in [2.75, 3.05) is 20.3 Å². The summed E-state index contributed by atoms with van der Waals surface area (Å²) in [4.78, 5) is 11.3. The zero-order valence-electron chi connectivity index (χ0n) is 10.6. The number of methoxy groups -OCH3 is 1. The van der Waals surface area contributed by atoms with E-state index in [9.17, 15) is 14.3 Å². The minimum atomic E-state index is -1.21. The van der Waals surface area contributed by atoms with Crippen molar-refractivity contribution in [1.29, 1.82) is 0 Å². The number of hydrogen-bond donors (Lipinski definition) is 2. The van der Waals surface area contributed by atoms with E-state index in [-0.39, 0.29) is 6.42 Å². The number of hydrogen-bond acceptors (Lipinski definition) is 3. The SMILES string of the molecule is COCCNC(C)(Cc1ccccc1F)C(=O)O. The fraction of sp³-hybridized carbons (Fsp3) is 0.462. The van der Waals surface area contributed by atoms with E-state index in [0.29, 0.717) is 18.7 Å². The molecule has 0 aliphatic heterocycles. The number of carboxylic acids is 1. The van der Waals surface area contributed by atoms with E-state index in [1.807, 2.05) is 0 Å². The van der Waals surface area contributed by atoms with E-state index in [1.54, 1.807) is 18.2 Å². The molecule has 1 aromatic carbocycles. The summed E-state index contributed by atoms with van der Waals surface area (Å²) in [7, 11) is 1.54. The lowest BCUT2D eigenvalue weighted by Gasteiger charge is -2.26. The smallest absolute Gasteiger partial charge is 0.323 e. The Kier molecular flexibility index (Phi) is 5.25. The Bertz CT molecular complexity index is 411. The number of rotatable bonds is 7. The van der Waals surface area contributed by atoms with Crippen LogP contribution in [0.4, 0.5) is 4.39 Å². The maximum absolute atomic E-state index is 13.5. The van der Waals surface area contributed by atoms with Crippen molar-refractivity contribution in [2.24, 2.45) is 0 Å². The maximum Gasteiger partial charge on any atom is 0.323 e. The molecule has 0 fully saturated rings. The zero-order valence-corrected chi connectivity index (χ0v) is 10.6. The minimum Gasteiger partial charge on any atom is -0.480 e. The number of ether oxygens (including phenoxy) is 1. The molecule has 0 radical (unpaired) electrons. The Morgan fingerprint density at radius 1 is 1.50 bits per heavy atom. The second kappa shape index (κ2) is 6.47. The number of benzene rings is 1. The maximum atomic E-state index is 13.5. The average molecular weight is 255 g/mol. The molecule has 1 atom stereocenters. The van der Waals surface area contributed by atoms with Crippen LogP contribution in [0.15, 0.2) is 24.3 Å². The van der Waals surface area contributed by atoms with E-state index in [0.717, 1.165) is 0 Å². The Morgan fingerprint density at radius 3 is 2.72 bits per heavy atom. The third-order valence-electron chi connectivity index (χ3n) is 2.80. The number of carboxylic acid groups (broad SMARTS) is 1. The highest BCUT2D eigenvalue weighted by Crippen LogP contribution is 2.16. The highest BCUT2D eigenvalue weighted by molar-refractivity contribution is 5.78. The van der Waals surface area contributed by atoms with Crippen molar-refractivity contribution in [3.63, 3.8) is 0 Å². The van der Waals surface area contributed by atoms with E-state index in [1.165, 1.54) is 20.1 Å². The van der Waals surface area contributed by atoms with Gasteiger partial charge in [0.25, 0.3) is 0 Å². The van der Waals surface area contributed by atoms with Gasteiger partial charge in [0.1, 0.15) is 11.4 Å². The van der Waals surface area contributed by atoms with Crippen molar-refractivity contribution in [2.45, 2.75) is 18.9 Å². The molecule has 5 heteroatoms. The fourth-order valence-electron chi connectivity index (χ4n) is 1.67. The van der Waals surface area contributed by atoms with Crippen LogP contribution in [0.5, 0.6) is 0 Å². The van der Waals surface area contributed by atoms with E-state index in [4.69, 9.17) is 4.74 Å². The number of aliphatic carboxylic acids is 1. The molecular weight excluding hydrogens is 237 g/mol. The van der Waals surface area contributed by atoms with Crippen molar-refractivity contribution in [1.82, 2.24) is 5.32 Å². The van der Waals surface area contributed by atoms with Crippen LogP contribution in [0.25, 0.3) is 0 Å². The Morgan fingerprint density at radius 2 is 2.17 bits per heavy atom. The summed E-state index contributed by atoms with van der Waals surface area (Å²) in [6.07, 6.45) is 0.0821. The monoisotopic (exact) mass is 255 g/mol. The van der Waals surface area contributed by atoms with Gasteiger partial charge in [-0.1, -0.05) is 18.2 Å². The quantitative estimate of drug-likeness (QED) is 0.724. The summed E-state index contributed by atoms with van der Waals surface area (Å²) in [5.41, 5.74) is -0.826. The van der Waals surface area contributed by atoms with Crippen LogP contribution < -0.4 is 5.32 Å². The van der Waals surface area contributed by atoms with Gasteiger partial charge >= 0.3 is 5.97 Å². The first kappa shape index (κ1) is 14.6. The third kappa shape index (κ3) is 3.78. The first-order valence-corrected chi connectivity index (χ1v) is 5.70. The molecule has 0 saturated carbocycles. The second-order valence-electron chi connectivity index (χ2n) is 4.33. The standard InChI is InChI=1S/C13H18FNO3/c1-13(12(16)17,15-7-8-18-2)9-10-5-3-4-6-11(10)14/h3-6,15H,7-9H2,1-2H3,(H,16,17). The first-order valence-electron chi connectivity index (χ1n) is 5.70. The van der Waals surface area contributed by atoms with Gasteiger partial charge in [-0.3, -0.25) is 10.1 Å². The lowest BCUT2D eigenvalue weighted by molar-refractivity contribution is -0.144. The molecule has 18 heavy (non-hydrogen) atoms. The third-order valence-corrected chi connectivity index (χ3v) is 2.80. The van der Waals surface area contributed by atoms with Gasteiger partial charge in [0.15, 0.2) is 0 Å². The molecule has 0 aromatic heterocycles. The summed E-state index contributed by atoms with van der Waals surface area (Å²) in [5, 5.41) is 12.1. The molecule has 0 heterocycles. The van der Waals surface area contributed by atoms with Gasteiger partial charge in [0.05, 0.1) is 6.61 Å². The predicted molar refractivity (Wildman–Crippen MR) is 66.0 cm³/mol. The molecule has 100 valence electrons. The topological polar surface area (TPSA) is 58.6 Å². The van der Waals surface area contributed by atoms with Gasteiger partial charge in [-0.05, 0) is 18.6 Å². The van der Waals surface area contributed by atoms with Crippen LogP contribution in [-0.2, 0) is 16.0 Å². The number of carbonyl (C=O) groups is 1. The molecule has 0 aliphatic carbocycles. The Hall–Kier alpha value is -1.46. The van der Waals surface area contributed by atoms with Crippen molar-refractivity contribution >= 4 is 5.97 Å². The van der Waals surface area contributed by atoms with Crippen LogP contribution in [0, 0.1) is 5.82 Å². The summed E-state index contributed by atoms with van der Waals surface area (Å²) in [6.45, 7) is 2.34. The number of nitrogens with one attached hydrogen (secondary N) is 1. The Balaban J connectivity index is 2.79. The van der Waals surface area contributed by atoms with Gasteiger partial charge < -0.3 is 9.84 Å². The fourth-order valence-corrected chi connectivity index (χ4v) is 1.67. The van der Waals surface area contributed by atoms with Gasteiger partial charge in [-0.15, -0.1) is 0 Å². The van der Waals surface area contributed by atoms with Gasteiger partial charge in [0.2, 0.25) is 0 Å². The molecule has 0 aliphatic rings. The molecule has 2 N–H and O–H groups in total. The summed E-state index contributed by atoms with van der Waals surface area (Å²) in [6, 6.07) is 6.19. The normalized spacial score (nSPS) is 14.2. The highest BCUT2D eigenvalue weighted by atomic mass is 19.1. The van der Waals surface area contributed by atoms with Gasteiger partial charge in [-0.2, -0.15) is 0 Å². The lowest BCUT2D eigenvalue weighted by atomic mass is 9.92. The van der Waals surface area contributed by atoms with Crippen LogP contribution >= 0.6 is 0 Å². The first-order chi connectivity index (χ1) is 8.49. The summed E-state index contributed by atoms with van der Waals surface area (Å²) in [5.74, 6) is -1.40. The number of halogens is 1.